The zero-order valence-electron chi connectivity index (χ0n) is 24.6. The van der Waals surface area contributed by atoms with Gasteiger partial charge in [0.25, 0.3) is 11.8 Å². The Kier molecular flexibility index (Phi) is 9.88. The van der Waals surface area contributed by atoms with Crippen LogP contribution in [0.25, 0.3) is 0 Å². The summed E-state index contributed by atoms with van der Waals surface area (Å²) < 4.78 is 22.6. The first-order valence-electron chi connectivity index (χ1n) is 13.9. The summed E-state index contributed by atoms with van der Waals surface area (Å²) in [6, 6.07) is 3.56. The number of carbonyl (C=O) groups excluding carboxylic acids is 2. The van der Waals surface area contributed by atoms with E-state index in [9.17, 15) is 19.2 Å². The second-order valence-electron chi connectivity index (χ2n) is 10.6. The van der Waals surface area contributed by atoms with Gasteiger partial charge in [-0.2, -0.15) is 0 Å². The number of pyridine rings is 2. The van der Waals surface area contributed by atoms with Crippen LogP contribution in [0, 0.1) is 11.8 Å². The maximum absolute atomic E-state index is 12.6. The quantitative estimate of drug-likeness (QED) is 0.303. The molecule has 0 aliphatic carbocycles. The molecule has 0 bridgehead atoms. The number of ether oxygens (including phenoxy) is 4. The maximum atomic E-state index is 12.6. The molecule has 14 nitrogen and oxygen atoms in total. The summed E-state index contributed by atoms with van der Waals surface area (Å²) in [4.78, 5) is 59.5. The Bertz CT molecular complexity index is 1290. The molecular weight excluding hydrogens is 564 g/mol. The minimum atomic E-state index is -1.02. The molecule has 0 unspecified atom stereocenters. The van der Waals surface area contributed by atoms with Crippen LogP contribution in [0.15, 0.2) is 12.1 Å². The summed E-state index contributed by atoms with van der Waals surface area (Å²) in [6.07, 6.45) is 0.310. The molecule has 4 rings (SSSR count). The topological polar surface area (TPSA) is 178 Å². The average Bonchev–Trinajstić information content (AvgIpc) is 3.59. The first-order valence-corrected chi connectivity index (χ1v) is 13.9. The molecule has 0 saturated heterocycles. The number of aliphatic carboxylic acids is 2. The zero-order valence-corrected chi connectivity index (χ0v) is 24.6. The lowest BCUT2D eigenvalue weighted by molar-refractivity contribution is -0.145. The molecule has 2 N–H and O–H groups in total. The zero-order chi connectivity index (χ0) is 31.3. The molecular formula is C29H36N4O10. The molecule has 0 fully saturated rings. The molecule has 2 aromatic heterocycles. The van der Waals surface area contributed by atoms with E-state index in [4.69, 9.17) is 29.2 Å². The van der Waals surface area contributed by atoms with Crippen molar-refractivity contribution in [3.05, 3.63) is 34.6 Å². The molecule has 2 amide bonds. The molecule has 14 heteroatoms. The molecule has 0 saturated carbocycles. The molecule has 2 aliphatic heterocycles. The molecule has 0 aromatic carbocycles. The monoisotopic (exact) mass is 600 g/mol. The van der Waals surface area contributed by atoms with Crippen molar-refractivity contribution < 1.29 is 48.3 Å². The molecule has 2 aromatic rings. The van der Waals surface area contributed by atoms with E-state index in [0.717, 1.165) is 11.1 Å². The molecule has 0 spiro atoms. The fourth-order valence-corrected chi connectivity index (χ4v) is 4.76. The van der Waals surface area contributed by atoms with Gasteiger partial charge in [0.15, 0.2) is 11.5 Å². The van der Waals surface area contributed by atoms with Crippen LogP contribution in [0.4, 0.5) is 0 Å². The third-order valence-electron chi connectivity index (χ3n) is 7.36. The third kappa shape index (κ3) is 7.43. The maximum Gasteiger partial charge on any atom is 0.306 e. The van der Waals surface area contributed by atoms with E-state index in [0.29, 0.717) is 42.4 Å². The van der Waals surface area contributed by atoms with Crippen molar-refractivity contribution in [3.63, 3.8) is 0 Å². The summed E-state index contributed by atoms with van der Waals surface area (Å²) in [5, 5.41) is 18.2. The number of amides is 2. The van der Waals surface area contributed by atoms with Crippen LogP contribution in [0.2, 0.25) is 0 Å². The van der Waals surface area contributed by atoms with Crippen LogP contribution in [0.1, 0.15) is 55.6 Å². The van der Waals surface area contributed by atoms with Gasteiger partial charge in [-0.3, -0.25) is 19.2 Å². The van der Waals surface area contributed by atoms with Gasteiger partial charge in [-0.05, 0) is 23.3 Å². The van der Waals surface area contributed by atoms with Gasteiger partial charge in [-0.15, -0.1) is 0 Å². The van der Waals surface area contributed by atoms with Crippen molar-refractivity contribution in [2.45, 2.75) is 59.3 Å². The third-order valence-corrected chi connectivity index (χ3v) is 7.36. The Morgan fingerprint density at radius 1 is 0.744 bits per heavy atom. The Labute approximate surface area is 248 Å². The Balaban J connectivity index is 1.30. The summed E-state index contributed by atoms with van der Waals surface area (Å²) in [5.74, 6) is -2.67. The number of hydrogen-bond acceptors (Lipinski definition) is 10. The van der Waals surface area contributed by atoms with Crippen LogP contribution in [-0.4, -0.2) is 81.2 Å². The van der Waals surface area contributed by atoms with Crippen LogP contribution >= 0.6 is 0 Å². The van der Waals surface area contributed by atoms with E-state index in [-0.39, 0.29) is 62.7 Å². The lowest BCUT2D eigenvalue weighted by Crippen LogP contribution is -2.28. The first kappa shape index (κ1) is 31.3. The number of methoxy groups -OCH3 is 2. The lowest BCUT2D eigenvalue weighted by atomic mass is 10.1. The van der Waals surface area contributed by atoms with E-state index in [2.05, 4.69) is 9.97 Å². The molecule has 2 atom stereocenters. The van der Waals surface area contributed by atoms with Gasteiger partial charge in [-0.1, -0.05) is 13.8 Å². The average molecular weight is 601 g/mol. The van der Waals surface area contributed by atoms with Gasteiger partial charge >= 0.3 is 11.9 Å². The standard InChI is InChI=1S/C29H36N4O10/c1-16(28(36)37)8-24(34)32-12-18-10-22(40-3)27(31-21(18)15-32)43-7-5-6-42-23-11-19-13-33(14-20(19)30-26(23)41-4)25(35)9-17(2)29(38)39/h10-11,16-17H,5-9,12-15H2,1-4H3,(H,36,37)(H,38,39)/t16-,17-/m0/s1. The van der Waals surface area contributed by atoms with Gasteiger partial charge < -0.3 is 39.0 Å². The van der Waals surface area contributed by atoms with Gasteiger partial charge in [0, 0.05) is 32.4 Å². The Hall–Kier alpha value is -4.62. The highest BCUT2D eigenvalue weighted by Crippen LogP contribution is 2.34. The summed E-state index contributed by atoms with van der Waals surface area (Å²) in [6.45, 7) is 4.69. The lowest BCUT2D eigenvalue weighted by Gasteiger charge is -2.16. The molecule has 43 heavy (non-hydrogen) atoms. The first-order chi connectivity index (χ1) is 20.5. The van der Waals surface area contributed by atoms with Gasteiger partial charge in [0.05, 0.1) is 63.7 Å². The summed E-state index contributed by atoms with van der Waals surface area (Å²) >= 11 is 0. The van der Waals surface area contributed by atoms with Crippen molar-refractivity contribution in [3.8, 4) is 23.3 Å². The number of hydrogen-bond donors (Lipinski definition) is 2. The van der Waals surface area contributed by atoms with Crippen LogP contribution in [0.3, 0.4) is 0 Å². The largest absolute Gasteiger partial charge is 0.491 e. The van der Waals surface area contributed by atoms with Crippen molar-refractivity contribution in [1.29, 1.82) is 0 Å². The second kappa shape index (κ2) is 13.6. The predicted molar refractivity (Wildman–Crippen MR) is 149 cm³/mol. The summed E-state index contributed by atoms with van der Waals surface area (Å²) in [5.41, 5.74) is 2.97. The van der Waals surface area contributed by atoms with Crippen molar-refractivity contribution in [1.82, 2.24) is 19.8 Å². The van der Waals surface area contributed by atoms with Crippen molar-refractivity contribution in [2.24, 2.45) is 11.8 Å². The number of nitrogens with zero attached hydrogens (tertiary/aromatic N) is 4. The number of carboxylic acids is 2. The van der Waals surface area contributed by atoms with Crippen LogP contribution < -0.4 is 18.9 Å². The predicted octanol–water partition coefficient (Wildman–Crippen LogP) is 2.25. The fraction of sp³-hybridized carbons (Fsp3) is 0.517. The minimum absolute atomic E-state index is 0.0865. The van der Waals surface area contributed by atoms with Crippen LogP contribution in [0.5, 0.6) is 23.3 Å². The Morgan fingerprint density at radius 2 is 1.23 bits per heavy atom. The van der Waals surface area contributed by atoms with Gasteiger partial charge in [0.2, 0.25) is 11.8 Å². The molecule has 2 aliphatic rings. The number of fused-ring (bicyclic) bond motifs is 2. The van der Waals surface area contributed by atoms with E-state index in [1.807, 2.05) is 0 Å². The highest BCUT2D eigenvalue weighted by atomic mass is 16.5. The Morgan fingerprint density at radius 3 is 1.72 bits per heavy atom. The summed E-state index contributed by atoms with van der Waals surface area (Å²) in [7, 11) is 2.98. The van der Waals surface area contributed by atoms with Gasteiger partial charge in [-0.25, -0.2) is 9.97 Å². The highest BCUT2D eigenvalue weighted by molar-refractivity contribution is 5.83. The number of rotatable bonds is 14. The molecule has 4 heterocycles. The SMILES string of the molecule is COc1cc2c(nc1OCCCOc1cc3c(nc1OC)CN(C(=O)C[C@H](C)C(=O)O)C3)CN(C(=O)C[C@H](C)C(=O)O)C2. The van der Waals surface area contributed by atoms with Crippen LogP contribution in [-0.2, 0) is 45.4 Å². The molecule has 0 radical (unpaired) electrons. The normalized spacial score (nSPS) is 14.9. The number of carboxylic acid groups (broad SMARTS) is 2. The smallest absolute Gasteiger partial charge is 0.306 e. The van der Waals surface area contributed by atoms with E-state index < -0.39 is 23.8 Å². The number of aromatic nitrogens is 2. The van der Waals surface area contributed by atoms with Crippen molar-refractivity contribution >= 4 is 23.8 Å². The molecule has 232 valence electrons. The number of carbonyl (C=O) groups is 4. The second-order valence-corrected chi connectivity index (χ2v) is 10.6. The van der Waals surface area contributed by atoms with E-state index in [1.54, 1.807) is 21.9 Å². The minimum Gasteiger partial charge on any atom is -0.491 e. The fourth-order valence-electron chi connectivity index (χ4n) is 4.76. The van der Waals surface area contributed by atoms with E-state index >= 15 is 0 Å². The van der Waals surface area contributed by atoms with Gasteiger partial charge in [0.1, 0.15) is 0 Å². The highest BCUT2D eigenvalue weighted by Gasteiger charge is 2.30. The van der Waals surface area contributed by atoms with Crippen molar-refractivity contribution in [2.75, 3.05) is 27.4 Å². The van der Waals surface area contributed by atoms with E-state index in [1.165, 1.54) is 28.1 Å².